The summed E-state index contributed by atoms with van der Waals surface area (Å²) in [4.78, 5) is 6.84. The fourth-order valence-electron chi connectivity index (χ4n) is 3.04. The summed E-state index contributed by atoms with van der Waals surface area (Å²) < 4.78 is 13.7. The molecule has 1 radical (unpaired) electrons. The van der Waals surface area contributed by atoms with Crippen LogP contribution in [0.1, 0.15) is 12.8 Å². The quantitative estimate of drug-likeness (QED) is 0.753. The number of rotatable bonds is 3. The first-order valence-corrected chi connectivity index (χ1v) is 8.84. The summed E-state index contributed by atoms with van der Waals surface area (Å²) in [6.07, 6.45) is 1.97. The van der Waals surface area contributed by atoms with Crippen molar-refractivity contribution in [3.05, 3.63) is 48.3 Å². The number of fused-ring (bicyclic) bond motifs is 1. The molecule has 0 unspecified atom stereocenters. The number of nitrogens with zero attached hydrogens (tertiary/aromatic N) is 2. The summed E-state index contributed by atoms with van der Waals surface area (Å²) in [6, 6.07) is 12.1. The van der Waals surface area contributed by atoms with Crippen molar-refractivity contribution < 1.29 is 9.50 Å². The minimum absolute atomic E-state index is 0.0455. The first-order valence-electron chi connectivity index (χ1n) is 8.03. The number of benzene rings is 2. The Kier molecular flexibility index (Phi) is 3.98. The Morgan fingerprint density at radius 1 is 1.12 bits per heavy atom. The lowest BCUT2D eigenvalue weighted by molar-refractivity contribution is 0.361. The lowest BCUT2D eigenvalue weighted by Crippen LogP contribution is -2.39. The Labute approximate surface area is 143 Å². The summed E-state index contributed by atoms with van der Waals surface area (Å²) in [6.45, 7) is 1.79. The highest BCUT2D eigenvalue weighted by molar-refractivity contribution is 7.22. The van der Waals surface area contributed by atoms with Crippen LogP contribution in [0.15, 0.2) is 42.5 Å². The molecule has 2 aromatic carbocycles. The van der Waals surface area contributed by atoms with Gasteiger partial charge in [-0.1, -0.05) is 17.4 Å². The number of aromatic nitrogens is 1. The van der Waals surface area contributed by atoms with Gasteiger partial charge in [-0.05, 0) is 49.2 Å². The Morgan fingerprint density at radius 2 is 1.88 bits per heavy atom. The van der Waals surface area contributed by atoms with Gasteiger partial charge in [-0.3, -0.25) is 5.11 Å². The fourth-order valence-corrected chi connectivity index (χ4v) is 4.07. The molecular formula is C18H17FN3OS. The minimum atomic E-state index is -0.219. The molecule has 1 fully saturated rings. The standard InChI is InChI=1S/C18H17FN3OS/c19-12-4-6-13(7-5-12)20-14-8-10-22(11-9-14)18-21-15-2-1-3-16(23)17(15)24-18/h1-7,14,20H,8-11H2. The van der Waals surface area contributed by atoms with Crippen molar-refractivity contribution in [1.82, 2.24) is 4.98 Å². The zero-order valence-corrected chi connectivity index (χ0v) is 13.9. The maximum atomic E-state index is 13.0. The molecule has 6 heteroatoms. The van der Waals surface area contributed by atoms with Crippen LogP contribution >= 0.6 is 11.3 Å². The molecular weight excluding hydrogens is 325 g/mol. The van der Waals surface area contributed by atoms with Crippen LogP contribution in [-0.2, 0) is 5.11 Å². The van der Waals surface area contributed by atoms with Crippen molar-refractivity contribution in [3.63, 3.8) is 0 Å². The van der Waals surface area contributed by atoms with Crippen LogP contribution in [0.3, 0.4) is 0 Å². The zero-order chi connectivity index (χ0) is 16.5. The Morgan fingerprint density at radius 3 is 2.58 bits per heavy atom. The van der Waals surface area contributed by atoms with Gasteiger partial charge in [0.15, 0.2) is 10.9 Å². The smallest absolute Gasteiger partial charge is 0.198 e. The zero-order valence-electron chi connectivity index (χ0n) is 13.0. The van der Waals surface area contributed by atoms with Crippen LogP contribution in [0.25, 0.3) is 10.2 Å². The second-order valence-corrected chi connectivity index (χ2v) is 6.99. The number of nitrogens with one attached hydrogen (secondary N) is 1. The molecule has 0 bridgehead atoms. The number of halogens is 1. The van der Waals surface area contributed by atoms with Crippen LogP contribution in [-0.4, -0.2) is 24.1 Å². The van der Waals surface area contributed by atoms with E-state index >= 15 is 0 Å². The Balaban J connectivity index is 1.41. The van der Waals surface area contributed by atoms with Gasteiger partial charge in [0.05, 0.1) is 5.52 Å². The van der Waals surface area contributed by atoms with Gasteiger partial charge in [-0.15, -0.1) is 0 Å². The highest BCUT2D eigenvalue weighted by Crippen LogP contribution is 2.36. The first-order chi connectivity index (χ1) is 11.7. The lowest BCUT2D eigenvalue weighted by atomic mass is 10.1. The Bertz CT molecular complexity index is 841. The third kappa shape index (κ3) is 3.01. The maximum Gasteiger partial charge on any atom is 0.198 e. The lowest BCUT2D eigenvalue weighted by Gasteiger charge is -2.32. The van der Waals surface area contributed by atoms with E-state index in [9.17, 15) is 9.50 Å². The van der Waals surface area contributed by atoms with Gasteiger partial charge in [0.25, 0.3) is 0 Å². The molecule has 1 N–H and O–H groups in total. The molecule has 1 saturated heterocycles. The van der Waals surface area contributed by atoms with Gasteiger partial charge < -0.3 is 10.2 Å². The van der Waals surface area contributed by atoms with Crippen LogP contribution in [0.4, 0.5) is 15.2 Å². The van der Waals surface area contributed by atoms with Crippen molar-refractivity contribution >= 4 is 32.4 Å². The molecule has 0 saturated carbocycles. The number of anilines is 2. The third-order valence-corrected chi connectivity index (χ3v) is 5.49. The van der Waals surface area contributed by atoms with Crippen molar-refractivity contribution in [2.24, 2.45) is 0 Å². The van der Waals surface area contributed by atoms with Crippen molar-refractivity contribution in [2.75, 3.05) is 23.3 Å². The summed E-state index contributed by atoms with van der Waals surface area (Å²) >= 11 is 1.48. The van der Waals surface area contributed by atoms with Gasteiger partial charge in [-0.2, -0.15) is 0 Å². The van der Waals surface area contributed by atoms with Crippen molar-refractivity contribution in [1.29, 1.82) is 0 Å². The van der Waals surface area contributed by atoms with Gasteiger partial charge in [0, 0.05) is 24.8 Å². The summed E-state index contributed by atoms with van der Waals surface area (Å²) in [5.41, 5.74) is 1.74. The monoisotopic (exact) mass is 342 g/mol. The molecule has 4 nitrogen and oxygen atoms in total. The predicted molar refractivity (Wildman–Crippen MR) is 95.0 cm³/mol. The van der Waals surface area contributed by atoms with E-state index in [0.29, 0.717) is 6.04 Å². The van der Waals surface area contributed by atoms with E-state index < -0.39 is 0 Å². The van der Waals surface area contributed by atoms with Crippen LogP contribution in [0.2, 0.25) is 0 Å². The number of piperidine rings is 1. The average molecular weight is 342 g/mol. The highest BCUT2D eigenvalue weighted by atomic mass is 32.1. The highest BCUT2D eigenvalue weighted by Gasteiger charge is 2.22. The van der Waals surface area contributed by atoms with Gasteiger partial charge in [0.1, 0.15) is 10.5 Å². The van der Waals surface area contributed by atoms with E-state index in [2.05, 4.69) is 15.2 Å². The Hall–Kier alpha value is -2.34. The molecule has 24 heavy (non-hydrogen) atoms. The summed E-state index contributed by atoms with van der Waals surface area (Å²) in [5.74, 6) is -0.173. The van der Waals surface area contributed by atoms with Crippen molar-refractivity contribution in [2.45, 2.75) is 18.9 Å². The second kappa shape index (κ2) is 6.28. The van der Waals surface area contributed by atoms with Gasteiger partial charge >= 0.3 is 0 Å². The molecule has 1 aliphatic rings. The van der Waals surface area contributed by atoms with E-state index in [4.69, 9.17) is 0 Å². The van der Waals surface area contributed by atoms with E-state index in [-0.39, 0.29) is 11.6 Å². The SMILES string of the molecule is [O]c1cccc2nc(N3CCC(Nc4ccc(F)cc4)CC3)sc12. The number of hydrogen-bond acceptors (Lipinski definition) is 4. The molecule has 0 atom stereocenters. The van der Waals surface area contributed by atoms with E-state index in [1.807, 2.05) is 6.07 Å². The van der Waals surface area contributed by atoms with Crippen molar-refractivity contribution in [3.8, 4) is 5.75 Å². The van der Waals surface area contributed by atoms with Gasteiger partial charge in [0.2, 0.25) is 0 Å². The third-order valence-electron chi connectivity index (χ3n) is 4.35. The normalized spacial score (nSPS) is 15.8. The maximum absolute atomic E-state index is 13.0. The summed E-state index contributed by atoms with van der Waals surface area (Å²) in [7, 11) is 0. The molecule has 1 aromatic heterocycles. The largest absolute Gasteiger partial charge is 0.382 e. The predicted octanol–water partition coefficient (Wildman–Crippen LogP) is 4.66. The van der Waals surface area contributed by atoms with Crippen LogP contribution in [0, 0.1) is 5.82 Å². The number of hydrogen-bond donors (Lipinski definition) is 1. The number of thiazole rings is 1. The van der Waals surface area contributed by atoms with Gasteiger partial charge in [-0.25, -0.2) is 9.37 Å². The minimum Gasteiger partial charge on any atom is -0.382 e. The molecule has 4 rings (SSSR count). The molecule has 2 heterocycles. The van der Waals surface area contributed by atoms with E-state index in [0.717, 1.165) is 47.0 Å². The molecule has 0 amide bonds. The van der Waals surface area contributed by atoms with Crippen LogP contribution in [0.5, 0.6) is 5.75 Å². The fraction of sp³-hybridized carbons (Fsp3) is 0.278. The summed E-state index contributed by atoms with van der Waals surface area (Å²) in [5, 5.41) is 16.2. The second-order valence-electron chi connectivity index (χ2n) is 6.01. The molecule has 0 aliphatic carbocycles. The molecule has 0 spiro atoms. The van der Waals surface area contributed by atoms with E-state index in [1.165, 1.54) is 23.5 Å². The molecule has 1 aliphatic heterocycles. The molecule has 123 valence electrons. The first kappa shape index (κ1) is 15.2. The van der Waals surface area contributed by atoms with Crippen LogP contribution < -0.4 is 10.2 Å². The average Bonchev–Trinajstić information content (AvgIpc) is 3.03. The van der Waals surface area contributed by atoms with E-state index in [1.54, 1.807) is 24.3 Å². The molecule has 3 aromatic rings. The topological polar surface area (TPSA) is 48.1 Å².